The van der Waals surface area contributed by atoms with E-state index in [2.05, 4.69) is 32.8 Å². The van der Waals surface area contributed by atoms with Crippen LogP contribution in [0.4, 0.5) is 15.3 Å². The Bertz CT molecular complexity index is 1300. The number of aryl methyl sites for hydroxylation is 1. The van der Waals surface area contributed by atoms with Gasteiger partial charge in [-0.05, 0) is 42.8 Å². The van der Waals surface area contributed by atoms with Gasteiger partial charge in [-0.3, -0.25) is 9.69 Å². The summed E-state index contributed by atoms with van der Waals surface area (Å²) in [7, 11) is 7.59. The van der Waals surface area contributed by atoms with Crippen molar-refractivity contribution in [2.45, 2.75) is 13.3 Å². The smallest absolute Gasteiger partial charge is 0.236 e. The van der Waals surface area contributed by atoms with Crippen LogP contribution < -0.4 is 4.90 Å². The number of piperazine rings is 1. The molecule has 8 nitrogen and oxygen atoms in total. The zero-order valence-electron chi connectivity index (χ0n) is 22.8. The lowest BCUT2D eigenvalue weighted by Gasteiger charge is -2.36. The van der Waals surface area contributed by atoms with Crippen molar-refractivity contribution >= 4 is 34.3 Å². The van der Waals surface area contributed by atoms with Gasteiger partial charge in [0, 0.05) is 71.0 Å². The highest BCUT2D eigenvalue weighted by atomic mass is 32.1. The molecular formula is C28H36FN7OS. The third-order valence-corrected chi connectivity index (χ3v) is 7.72. The average molecular weight is 538 g/mol. The number of halogens is 1. The molecule has 3 heterocycles. The third-order valence-electron chi connectivity index (χ3n) is 6.80. The summed E-state index contributed by atoms with van der Waals surface area (Å²) < 4.78 is 15.4. The Labute approximate surface area is 228 Å². The number of anilines is 2. The molecule has 0 bridgehead atoms. The Morgan fingerprint density at radius 1 is 1.13 bits per heavy atom. The normalized spacial score (nSPS) is 14.3. The van der Waals surface area contributed by atoms with Crippen molar-refractivity contribution in [3.8, 4) is 11.3 Å². The van der Waals surface area contributed by atoms with Gasteiger partial charge in [0.05, 0.1) is 17.9 Å². The molecule has 0 atom stereocenters. The Kier molecular flexibility index (Phi) is 8.63. The molecule has 202 valence electrons. The summed E-state index contributed by atoms with van der Waals surface area (Å²) in [4.78, 5) is 29.8. The number of benzene rings is 1. The molecule has 0 saturated carbocycles. The fourth-order valence-electron chi connectivity index (χ4n) is 4.43. The number of amides is 1. The molecule has 1 aromatic carbocycles. The molecule has 1 amide bonds. The molecule has 0 spiro atoms. The molecule has 1 aliphatic heterocycles. The second-order valence-corrected chi connectivity index (χ2v) is 10.4. The minimum absolute atomic E-state index is 0.129. The second-order valence-electron chi connectivity index (χ2n) is 9.61. The van der Waals surface area contributed by atoms with Gasteiger partial charge in [0.25, 0.3) is 0 Å². The summed E-state index contributed by atoms with van der Waals surface area (Å²) in [5.41, 5.74) is 3.62. The van der Waals surface area contributed by atoms with E-state index in [0.29, 0.717) is 6.54 Å². The molecule has 1 fully saturated rings. The van der Waals surface area contributed by atoms with Gasteiger partial charge in [0.2, 0.25) is 5.91 Å². The van der Waals surface area contributed by atoms with Crippen LogP contribution in [0, 0.1) is 5.82 Å². The van der Waals surface area contributed by atoms with Crippen LogP contribution in [-0.2, 0) is 18.3 Å². The van der Waals surface area contributed by atoms with Crippen molar-refractivity contribution in [2.24, 2.45) is 7.05 Å². The van der Waals surface area contributed by atoms with Gasteiger partial charge in [-0.1, -0.05) is 13.5 Å². The van der Waals surface area contributed by atoms with Crippen molar-refractivity contribution in [2.75, 3.05) is 58.8 Å². The molecule has 1 aliphatic rings. The van der Waals surface area contributed by atoms with E-state index in [1.165, 1.54) is 12.1 Å². The summed E-state index contributed by atoms with van der Waals surface area (Å²) >= 11 is 1.54. The Morgan fingerprint density at radius 3 is 2.45 bits per heavy atom. The number of carbonyl (C=O) groups is 1. The minimum atomic E-state index is -0.259. The van der Waals surface area contributed by atoms with E-state index in [-0.39, 0.29) is 11.7 Å². The standard InChI is InChI=1S/C28H36FN7OS/c1-7-23-27(34(6)28-31-24(19-38-28)21-9-11-22(29)12-10-21)33(5)25(30-23)13-8-20(2)36-16-14-35(15-17-36)18-26(37)32(3)4/h8-13,19H,2,7,14-18H2,1,3-6H3/b13-8-. The van der Waals surface area contributed by atoms with E-state index in [9.17, 15) is 9.18 Å². The molecule has 0 radical (unpaired) electrons. The number of hydrogen-bond acceptors (Lipinski definition) is 7. The zero-order chi connectivity index (χ0) is 27.4. The quantitative estimate of drug-likeness (QED) is 0.381. The molecule has 1 saturated heterocycles. The first-order chi connectivity index (χ1) is 18.2. The van der Waals surface area contributed by atoms with Crippen LogP contribution in [0.1, 0.15) is 18.4 Å². The fourth-order valence-corrected chi connectivity index (χ4v) is 5.24. The number of hydrogen-bond donors (Lipinski definition) is 0. The fraction of sp³-hybridized carbons (Fsp3) is 0.393. The van der Waals surface area contributed by atoms with E-state index in [0.717, 1.165) is 72.0 Å². The Morgan fingerprint density at radius 2 is 1.82 bits per heavy atom. The molecule has 4 rings (SSSR count). The van der Waals surface area contributed by atoms with Gasteiger partial charge in [-0.15, -0.1) is 11.3 Å². The highest BCUT2D eigenvalue weighted by Crippen LogP contribution is 2.33. The van der Waals surface area contributed by atoms with E-state index >= 15 is 0 Å². The lowest BCUT2D eigenvalue weighted by molar-refractivity contribution is -0.130. The highest BCUT2D eigenvalue weighted by molar-refractivity contribution is 7.14. The number of thiazole rings is 1. The van der Waals surface area contributed by atoms with Gasteiger partial charge < -0.3 is 19.3 Å². The topological polar surface area (TPSA) is 60.7 Å². The molecular weight excluding hydrogens is 501 g/mol. The van der Waals surface area contributed by atoms with Gasteiger partial charge in [-0.25, -0.2) is 14.4 Å². The number of carbonyl (C=O) groups excluding carboxylic acids is 1. The SMILES string of the molecule is C=C(/C=C\c1nc(CC)c(N(C)c2nc(-c3ccc(F)cc3)cs2)n1C)N1CCN(CC(=O)N(C)C)CC1. The van der Waals surface area contributed by atoms with E-state index in [4.69, 9.17) is 9.97 Å². The monoisotopic (exact) mass is 537 g/mol. The van der Waals surface area contributed by atoms with Crippen LogP contribution in [0.2, 0.25) is 0 Å². The predicted molar refractivity (Wildman–Crippen MR) is 153 cm³/mol. The Hall–Kier alpha value is -3.50. The molecule has 0 aliphatic carbocycles. The summed E-state index contributed by atoms with van der Waals surface area (Å²) in [6.45, 7) is 10.2. The van der Waals surface area contributed by atoms with Crippen molar-refractivity contribution in [3.63, 3.8) is 0 Å². The first-order valence-corrected chi connectivity index (χ1v) is 13.6. The van der Waals surface area contributed by atoms with E-state index in [1.54, 1.807) is 42.5 Å². The van der Waals surface area contributed by atoms with Gasteiger partial charge in [0.15, 0.2) is 5.13 Å². The predicted octanol–water partition coefficient (Wildman–Crippen LogP) is 4.25. The first kappa shape index (κ1) is 27.5. The molecule has 0 N–H and O–H groups in total. The second kappa shape index (κ2) is 11.9. The largest absolute Gasteiger partial charge is 0.369 e. The molecule has 3 aromatic rings. The van der Waals surface area contributed by atoms with Crippen molar-refractivity contribution in [1.29, 1.82) is 0 Å². The minimum Gasteiger partial charge on any atom is -0.369 e. The number of nitrogens with zero attached hydrogens (tertiary/aromatic N) is 7. The summed E-state index contributed by atoms with van der Waals surface area (Å²) in [5.74, 6) is 1.70. The lowest BCUT2D eigenvalue weighted by atomic mass is 10.2. The van der Waals surface area contributed by atoms with Crippen LogP contribution in [0.25, 0.3) is 17.3 Å². The number of aromatic nitrogens is 3. The third kappa shape index (κ3) is 6.14. The van der Waals surface area contributed by atoms with Crippen LogP contribution >= 0.6 is 11.3 Å². The molecule has 0 unspecified atom stereocenters. The van der Waals surface area contributed by atoms with Crippen molar-refractivity contribution < 1.29 is 9.18 Å². The lowest BCUT2D eigenvalue weighted by Crippen LogP contribution is -2.48. The van der Waals surface area contributed by atoms with Gasteiger partial charge >= 0.3 is 0 Å². The van der Waals surface area contributed by atoms with Crippen LogP contribution in [0.3, 0.4) is 0 Å². The summed E-state index contributed by atoms with van der Waals surface area (Å²) in [6.07, 6.45) is 4.81. The maximum atomic E-state index is 13.3. The van der Waals surface area contributed by atoms with Crippen LogP contribution in [0.15, 0.2) is 48.0 Å². The average Bonchev–Trinajstić information content (AvgIpc) is 3.52. The maximum absolute atomic E-state index is 13.3. The molecule has 10 heteroatoms. The summed E-state index contributed by atoms with van der Waals surface area (Å²) in [6, 6.07) is 6.39. The van der Waals surface area contributed by atoms with Gasteiger partial charge in [0.1, 0.15) is 17.5 Å². The van der Waals surface area contributed by atoms with Crippen LogP contribution in [0.5, 0.6) is 0 Å². The van der Waals surface area contributed by atoms with E-state index < -0.39 is 0 Å². The zero-order valence-corrected chi connectivity index (χ0v) is 23.6. The highest BCUT2D eigenvalue weighted by Gasteiger charge is 2.21. The number of imidazole rings is 1. The van der Waals surface area contributed by atoms with Crippen molar-refractivity contribution in [3.05, 3.63) is 65.3 Å². The van der Waals surface area contributed by atoms with Crippen molar-refractivity contribution in [1.82, 2.24) is 29.2 Å². The molecule has 2 aromatic heterocycles. The first-order valence-electron chi connectivity index (χ1n) is 12.7. The summed E-state index contributed by atoms with van der Waals surface area (Å²) in [5, 5.41) is 2.83. The van der Waals surface area contributed by atoms with Crippen LogP contribution in [-0.4, -0.2) is 89.0 Å². The van der Waals surface area contributed by atoms with E-state index in [1.807, 2.05) is 31.6 Å². The Balaban J connectivity index is 1.44. The maximum Gasteiger partial charge on any atom is 0.236 e. The number of rotatable bonds is 9. The molecule has 38 heavy (non-hydrogen) atoms. The number of allylic oxidation sites excluding steroid dienone is 1. The van der Waals surface area contributed by atoms with Gasteiger partial charge in [-0.2, -0.15) is 0 Å². The number of likely N-dealkylation sites (N-methyl/N-ethyl adjacent to an activating group) is 1.